The first-order chi connectivity index (χ1) is 12.3. The van der Waals surface area contributed by atoms with E-state index in [4.69, 9.17) is 4.74 Å². The monoisotopic (exact) mass is 339 g/mol. The van der Waals surface area contributed by atoms with Crippen molar-refractivity contribution >= 4 is 5.82 Å². The lowest BCUT2D eigenvalue weighted by Crippen LogP contribution is -2.50. The van der Waals surface area contributed by atoms with Crippen molar-refractivity contribution in [1.29, 1.82) is 0 Å². The second-order valence-electron chi connectivity index (χ2n) is 7.19. The molecule has 0 atom stereocenters. The average Bonchev–Trinajstić information content (AvgIpc) is 3.04. The molecule has 0 spiro atoms. The molecular weight excluding hydrogens is 318 g/mol. The quantitative estimate of drug-likeness (QED) is 0.821. The van der Waals surface area contributed by atoms with E-state index >= 15 is 0 Å². The first kappa shape index (κ1) is 15.0. The van der Waals surface area contributed by atoms with E-state index < -0.39 is 0 Å². The molecule has 1 fully saturated rings. The average molecular weight is 339 g/mol. The van der Waals surface area contributed by atoms with Gasteiger partial charge in [-0.3, -0.25) is 4.79 Å². The van der Waals surface area contributed by atoms with Gasteiger partial charge in [0.2, 0.25) is 0 Å². The van der Waals surface area contributed by atoms with Crippen molar-refractivity contribution < 1.29 is 4.74 Å². The Morgan fingerprint density at radius 3 is 3.00 bits per heavy atom. The number of ether oxygens (including phenoxy) is 1. The summed E-state index contributed by atoms with van der Waals surface area (Å²) < 4.78 is 7.23. The lowest BCUT2D eigenvalue weighted by molar-refractivity contribution is 0.109. The van der Waals surface area contributed by atoms with Gasteiger partial charge in [0.1, 0.15) is 12.1 Å². The Balaban J connectivity index is 1.29. The van der Waals surface area contributed by atoms with Crippen LogP contribution in [-0.2, 0) is 37.2 Å². The molecule has 130 valence electrons. The fraction of sp³-hybridized carbons (Fsp3) is 0.556. The molecule has 7 heteroatoms. The van der Waals surface area contributed by atoms with Crippen LogP contribution in [0.2, 0.25) is 0 Å². The van der Waals surface area contributed by atoms with E-state index in [9.17, 15) is 4.79 Å². The Hall–Kier alpha value is -2.28. The Morgan fingerprint density at radius 2 is 2.08 bits per heavy atom. The van der Waals surface area contributed by atoms with E-state index in [2.05, 4.69) is 20.0 Å². The van der Waals surface area contributed by atoms with Crippen LogP contribution in [0.5, 0.6) is 0 Å². The van der Waals surface area contributed by atoms with Crippen LogP contribution in [0.15, 0.2) is 17.2 Å². The molecule has 1 aliphatic carbocycles. The summed E-state index contributed by atoms with van der Waals surface area (Å²) in [6.07, 6.45) is 5.62. The lowest BCUT2D eigenvalue weighted by Gasteiger charge is -2.41. The van der Waals surface area contributed by atoms with E-state index in [1.54, 1.807) is 17.1 Å². The van der Waals surface area contributed by atoms with Gasteiger partial charge < -0.3 is 9.64 Å². The van der Waals surface area contributed by atoms with E-state index in [0.717, 1.165) is 73.7 Å². The molecule has 25 heavy (non-hydrogen) atoms. The maximum Gasteiger partial charge on any atom is 0.267 e. The van der Waals surface area contributed by atoms with Crippen molar-refractivity contribution in [2.24, 2.45) is 5.92 Å². The highest BCUT2D eigenvalue weighted by Gasteiger charge is 2.32. The molecule has 5 rings (SSSR count). The molecule has 3 aliphatic rings. The highest BCUT2D eigenvalue weighted by molar-refractivity contribution is 5.51. The summed E-state index contributed by atoms with van der Waals surface area (Å²) in [7, 11) is 0. The highest BCUT2D eigenvalue weighted by Crippen LogP contribution is 2.30. The van der Waals surface area contributed by atoms with E-state index in [-0.39, 0.29) is 5.56 Å². The van der Waals surface area contributed by atoms with E-state index in [0.29, 0.717) is 19.1 Å². The van der Waals surface area contributed by atoms with Crippen molar-refractivity contribution in [3.05, 3.63) is 45.3 Å². The number of rotatable bonds is 3. The van der Waals surface area contributed by atoms with Gasteiger partial charge in [0, 0.05) is 37.1 Å². The van der Waals surface area contributed by atoms with Crippen molar-refractivity contribution in [2.45, 2.75) is 38.8 Å². The van der Waals surface area contributed by atoms with Crippen molar-refractivity contribution in [3.8, 4) is 0 Å². The third-order valence-corrected chi connectivity index (χ3v) is 5.45. The van der Waals surface area contributed by atoms with Crippen LogP contribution in [0.25, 0.3) is 0 Å². The molecule has 0 radical (unpaired) electrons. The van der Waals surface area contributed by atoms with Gasteiger partial charge in [-0.2, -0.15) is 5.10 Å². The topological polar surface area (TPSA) is 73.1 Å². The Morgan fingerprint density at radius 1 is 1.16 bits per heavy atom. The zero-order valence-corrected chi connectivity index (χ0v) is 14.1. The minimum Gasteiger partial charge on any atom is -0.376 e. The maximum atomic E-state index is 12.2. The molecule has 1 saturated heterocycles. The van der Waals surface area contributed by atoms with Crippen LogP contribution in [0, 0.1) is 5.92 Å². The third kappa shape index (κ3) is 2.63. The number of hydrogen-bond acceptors (Lipinski definition) is 6. The molecule has 0 saturated carbocycles. The Bertz CT molecular complexity index is 872. The smallest absolute Gasteiger partial charge is 0.267 e. The molecule has 2 aromatic heterocycles. The largest absolute Gasteiger partial charge is 0.376 e. The SMILES string of the molecule is O=c1cc2c(nn1CC1CN(c3ncnc4c3COCC4)C1)CCC2. The molecule has 2 aromatic rings. The van der Waals surface area contributed by atoms with E-state index in [1.807, 2.05) is 0 Å². The van der Waals surface area contributed by atoms with Crippen LogP contribution >= 0.6 is 0 Å². The molecule has 2 aliphatic heterocycles. The number of aromatic nitrogens is 4. The summed E-state index contributed by atoms with van der Waals surface area (Å²) >= 11 is 0. The number of nitrogens with zero attached hydrogens (tertiary/aromatic N) is 5. The second-order valence-corrected chi connectivity index (χ2v) is 7.19. The standard InChI is InChI=1S/C18H21N5O2/c24-17-6-13-2-1-3-15(13)21-23(17)9-12-7-22(8-12)18-14-10-25-5-4-16(14)19-11-20-18/h6,11-12H,1-5,7-10H2. The summed E-state index contributed by atoms with van der Waals surface area (Å²) in [5, 5.41) is 4.58. The van der Waals surface area contributed by atoms with Gasteiger partial charge in [-0.25, -0.2) is 14.6 Å². The summed E-state index contributed by atoms with van der Waals surface area (Å²) in [5.41, 5.74) is 4.52. The van der Waals surface area contributed by atoms with Crippen LogP contribution in [-0.4, -0.2) is 39.4 Å². The highest BCUT2D eigenvalue weighted by atomic mass is 16.5. The van der Waals surface area contributed by atoms with Crippen molar-refractivity contribution in [2.75, 3.05) is 24.6 Å². The molecule has 0 amide bonds. The second kappa shape index (κ2) is 5.91. The summed E-state index contributed by atoms with van der Waals surface area (Å²) in [4.78, 5) is 23.4. The van der Waals surface area contributed by atoms with Gasteiger partial charge in [0.15, 0.2) is 0 Å². The number of aryl methyl sites for hydroxylation is 2. The molecule has 0 N–H and O–H groups in total. The number of fused-ring (bicyclic) bond motifs is 2. The first-order valence-corrected chi connectivity index (χ1v) is 9.03. The zero-order chi connectivity index (χ0) is 16.8. The zero-order valence-electron chi connectivity index (χ0n) is 14.1. The van der Waals surface area contributed by atoms with E-state index in [1.165, 1.54) is 0 Å². The van der Waals surface area contributed by atoms with Crippen LogP contribution in [0.3, 0.4) is 0 Å². The molecule has 7 nitrogen and oxygen atoms in total. The number of anilines is 1. The van der Waals surface area contributed by atoms with Gasteiger partial charge in [0.25, 0.3) is 5.56 Å². The third-order valence-electron chi connectivity index (χ3n) is 5.45. The Labute approximate surface area is 145 Å². The van der Waals surface area contributed by atoms with Crippen molar-refractivity contribution in [1.82, 2.24) is 19.7 Å². The summed E-state index contributed by atoms with van der Waals surface area (Å²) in [5.74, 6) is 1.43. The van der Waals surface area contributed by atoms with Crippen LogP contribution < -0.4 is 10.5 Å². The molecule has 4 heterocycles. The normalized spacial score (nSPS) is 19.4. The molecular formula is C18H21N5O2. The van der Waals surface area contributed by atoms with Crippen molar-refractivity contribution in [3.63, 3.8) is 0 Å². The summed E-state index contributed by atoms with van der Waals surface area (Å²) in [6.45, 7) is 3.81. The van der Waals surface area contributed by atoms with Crippen LogP contribution in [0.1, 0.15) is 28.9 Å². The fourth-order valence-electron chi connectivity index (χ4n) is 4.09. The Kier molecular flexibility index (Phi) is 3.55. The molecule has 0 unspecified atom stereocenters. The molecule has 0 bridgehead atoms. The predicted molar refractivity (Wildman–Crippen MR) is 91.6 cm³/mol. The van der Waals surface area contributed by atoms with Gasteiger partial charge in [0.05, 0.1) is 31.1 Å². The maximum absolute atomic E-state index is 12.2. The lowest BCUT2D eigenvalue weighted by atomic mass is 9.98. The fourth-order valence-corrected chi connectivity index (χ4v) is 4.09. The van der Waals surface area contributed by atoms with Crippen LogP contribution in [0.4, 0.5) is 5.82 Å². The minimum atomic E-state index is 0.0342. The summed E-state index contributed by atoms with van der Waals surface area (Å²) in [6, 6.07) is 1.78. The van der Waals surface area contributed by atoms with Gasteiger partial charge in [-0.05, 0) is 24.8 Å². The number of hydrogen-bond donors (Lipinski definition) is 0. The first-order valence-electron chi connectivity index (χ1n) is 9.03. The minimum absolute atomic E-state index is 0.0342. The van der Waals surface area contributed by atoms with Gasteiger partial charge in [-0.15, -0.1) is 0 Å². The predicted octanol–water partition coefficient (Wildman–Crippen LogP) is 0.731. The van der Waals surface area contributed by atoms with Gasteiger partial charge >= 0.3 is 0 Å². The molecule has 0 aromatic carbocycles. The van der Waals surface area contributed by atoms with Gasteiger partial charge in [-0.1, -0.05) is 0 Å².